The van der Waals surface area contributed by atoms with Crippen molar-refractivity contribution in [1.29, 1.82) is 0 Å². The van der Waals surface area contributed by atoms with Crippen molar-refractivity contribution in [3.05, 3.63) is 29.3 Å². The van der Waals surface area contributed by atoms with Crippen molar-refractivity contribution in [3.8, 4) is 5.75 Å². The van der Waals surface area contributed by atoms with E-state index in [4.69, 9.17) is 4.74 Å². The summed E-state index contributed by atoms with van der Waals surface area (Å²) in [5.41, 5.74) is 1.82. The van der Waals surface area contributed by atoms with Crippen LogP contribution in [0.2, 0.25) is 0 Å². The Hall–Kier alpha value is -1.55. The van der Waals surface area contributed by atoms with Crippen molar-refractivity contribution in [2.24, 2.45) is 0 Å². The fourth-order valence-corrected chi connectivity index (χ4v) is 1.77. The second-order valence-electron chi connectivity index (χ2n) is 3.76. The zero-order chi connectivity index (χ0) is 11.5. The largest absolute Gasteiger partial charge is 0.493 e. The summed E-state index contributed by atoms with van der Waals surface area (Å²) in [6.45, 7) is 0.686. The zero-order valence-electron chi connectivity index (χ0n) is 9.10. The Kier molecular flexibility index (Phi) is 3.10. The molecule has 1 N–H and O–H groups in total. The van der Waals surface area contributed by atoms with Crippen molar-refractivity contribution in [3.63, 3.8) is 0 Å². The van der Waals surface area contributed by atoms with Crippen molar-refractivity contribution in [2.75, 3.05) is 13.7 Å². The van der Waals surface area contributed by atoms with Gasteiger partial charge in [-0.25, -0.2) is 0 Å². The maximum atomic E-state index is 11.0. The summed E-state index contributed by atoms with van der Waals surface area (Å²) in [6.07, 6.45) is 0.0305. The third kappa shape index (κ3) is 2.17. The van der Waals surface area contributed by atoms with Gasteiger partial charge in [-0.05, 0) is 23.3 Å². The van der Waals surface area contributed by atoms with Gasteiger partial charge in [0.2, 0.25) is 0 Å². The number of ether oxygens (including phenoxy) is 2. The van der Waals surface area contributed by atoms with E-state index < -0.39 is 12.1 Å². The molecular formula is C12H14O4. The van der Waals surface area contributed by atoms with E-state index in [1.807, 2.05) is 12.1 Å². The van der Waals surface area contributed by atoms with Crippen LogP contribution in [0.15, 0.2) is 18.2 Å². The molecule has 0 aliphatic carbocycles. The van der Waals surface area contributed by atoms with Crippen LogP contribution in [0.5, 0.6) is 5.75 Å². The minimum absolute atomic E-state index is 0.0177. The number of rotatable bonds is 3. The predicted octanol–water partition coefficient (Wildman–Crippen LogP) is 1.22. The number of hydrogen-bond donors (Lipinski definition) is 1. The van der Waals surface area contributed by atoms with Gasteiger partial charge in [0.05, 0.1) is 26.2 Å². The van der Waals surface area contributed by atoms with E-state index in [-0.39, 0.29) is 6.42 Å². The molecule has 0 radical (unpaired) electrons. The molecule has 2 rings (SSSR count). The second kappa shape index (κ2) is 4.53. The van der Waals surface area contributed by atoms with Gasteiger partial charge in [0.15, 0.2) is 0 Å². The summed E-state index contributed by atoms with van der Waals surface area (Å²) in [7, 11) is 1.31. The summed E-state index contributed by atoms with van der Waals surface area (Å²) in [4.78, 5) is 11.0. The first kappa shape index (κ1) is 11.0. The molecule has 16 heavy (non-hydrogen) atoms. The lowest BCUT2D eigenvalue weighted by Gasteiger charge is -2.10. The average Bonchev–Trinajstić information content (AvgIpc) is 2.75. The number of carbonyl (C=O) groups excluding carboxylic acids is 1. The molecule has 4 nitrogen and oxygen atoms in total. The van der Waals surface area contributed by atoms with Gasteiger partial charge in [0, 0.05) is 6.42 Å². The van der Waals surface area contributed by atoms with Crippen LogP contribution in [0.25, 0.3) is 0 Å². The van der Waals surface area contributed by atoms with Crippen molar-refractivity contribution in [1.82, 2.24) is 0 Å². The van der Waals surface area contributed by atoms with E-state index in [0.717, 1.165) is 23.3 Å². The van der Waals surface area contributed by atoms with Crippen LogP contribution in [0.3, 0.4) is 0 Å². The third-order valence-corrected chi connectivity index (χ3v) is 2.69. The van der Waals surface area contributed by atoms with Crippen LogP contribution in [0, 0.1) is 0 Å². The molecule has 86 valence electrons. The lowest BCUT2D eigenvalue weighted by atomic mass is 10.0. The summed E-state index contributed by atoms with van der Waals surface area (Å²) in [5.74, 6) is 0.457. The van der Waals surface area contributed by atoms with Gasteiger partial charge >= 0.3 is 5.97 Å². The Bertz CT molecular complexity index is 400. The lowest BCUT2D eigenvalue weighted by Crippen LogP contribution is -2.08. The van der Waals surface area contributed by atoms with Crippen LogP contribution in [0.4, 0.5) is 0 Å². The van der Waals surface area contributed by atoms with E-state index in [9.17, 15) is 9.90 Å². The number of methoxy groups -OCH3 is 1. The predicted molar refractivity (Wildman–Crippen MR) is 57.2 cm³/mol. The molecular weight excluding hydrogens is 208 g/mol. The Morgan fingerprint density at radius 2 is 2.44 bits per heavy atom. The van der Waals surface area contributed by atoms with Crippen LogP contribution in [0.1, 0.15) is 23.7 Å². The van der Waals surface area contributed by atoms with Gasteiger partial charge in [-0.1, -0.05) is 6.07 Å². The van der Waals surface area contributed by atoms with Crippen LogP contribution in [-0.4, -0.2) is 24.8 Å². The van der Waals surface area contributed by atoms with Crippen molar-refractivity contribution in [2.45, 2.75) is 18.9 Å². The van der Waals surface area contributed by atoms with Crippen LogP contribution < -0.4 is 4.74 Å². The minimum Gasteiger partial charge on any atom is -0.493 e. The molecule has 4 heteroatoms. The Morgan fingerprint density at radius 1 is 1.62 bits per heavy atom. The normalized spacial score (nSPS) is 15.1. The molecule has 1 aromatic rings. The highest BCUT2D eigenvalue weighted by Gasteiger charge is 2.17. The molecule has 1 atom stereocenters. The summed E-state index contributed by atoms with van der Waals surface area (Å²) >= 11 is 0. The van der Waals surface area contributed by atoms with Crippen molar-refractivity contribution < 1.29 is 19.4 Å². The quantitative estimate of drug-likeness (QED) is 0.781. The Balaban J connectivity index is 2.12. The van der Waals surface area contributed by atoms with Gasteiger partial charge < -0.3 is 14.6 Å². The number of carbonyl (C=O) groups is 1. The molecule has 1 aliphatic heterocycles. The molecule has 0 aromatic heterocycles. The monoisotopic (exact) mass is 222 g/mol. The smallest absolute Gasteiger partial charge is 0.308 e. The van der Waals surface area contributed by atoms with Gasteiger partial charge in [0.25, 0.3) is 0 Å². The topological polar surface area (TPSA) is 55.8 Å². The van der Waals surface area contributed by atoms with Crippen LogP contribution >= 0.6 is 0 Å². The summed E-state index contributed by atoms with van der Waals surface area (Å²) < 4.78 is 9.87. The first-order valence-electron chi connectivity index (χ1n) is 5.21. The first-order chi connectivity index (χ1) is 7.70. The van der Waals surface area contributed by atoms with E-state index in [1.165, 1.54) is 7.11 Å². The van der Waals surface area contributed by atoms with E-state index in [0.29, 0.717) is 6.61 Å². The van der Waals surface area contributed by atoms with Crippen LogP contribution in [-0.2, 0) is 16.0 Å². The molecule has 1 unspecified atom stereocenters. The molecule has 0 spiro atoms. The zero-order valence-corrected chi connectivity index (χ0v) is 9.10. The van der Waals surface area contributed by atoms with E-state index in [1.54, 1.807) is 6.07 Å². The number of hydrogen-bond acceptors (Lipinski definition) is 4. The molecule has 0 amide bonds. The maximum absolute atomic E-state index is 11.0. The second-order valence-corrected chi connectivity index (χ2v) is 3.76. The number of aliphatic hydroxyl groups is 1. The fourth-order valence-electron chi connectivity index (χ4n) is 1.77. The SMILES string of the molecule is COC(=O)CC(O)c1ccc2c(c1)CCO2. The third-order valence-electron chi connectivity index (χ3n) is 2.69. The average molecular weight is 222 g/mol. The van der Waals surface area contributed by atoms with Gasteiger partial charge in [-0.3, -0.25) is 4.79 Å². The molecule has 0 saturated carbocycles. The van der Waals surface area contributed by atoms with E-state index >= 15 is 0 Å². The molecule has 1 aliphatic rings. The molecule has 0 saturated heterocycles. The number of aliphatic hydroxyl groups excluding tert-OH is 1. The molecule has 0 fully saturated rings. The van der Waals surface area contributed by atoms with E-state index in [2.05, 4.69) is 4.74 Å². The van der Waals surface area contributed by atoms with Gasteiger partial charge in [-0.15, -0.1) is 0 Å². The number of benzene rings is 1. The summed E-state index contributed by atoms with van der Waals surface area (Å²) in [5, 5.41) is 9.81. The van der Waals surface area contributed by atoms with Gasteiger partial charge in [0.1, 0.15) is 5.75 Å². The summed E-state index contributed by atoms with van der Waals surface area (Å²) in [6, 6.07) is 5.49. The van der Waals surface area contributed by atoms with Crippen molar-refractivity contribution >= 4 is 5.97 Å². The fraction of sp³-hybridized carbons (Fsp3) is 0.417. The molecule has 0 bridgehead atoms. The number of esters is 1. The standard InChI is InChI=1S/C12H14O4/c1-15-12(14)7-10(13)8-2-3-11-9(6-8)4-5-16-11/h2-3,6,10,13H,4-5,7H2,1H3. The molecule has 1 heterocycles. The molecule has 1 aromatic carbocycles. The van der Waals surface area contributed by atoms with Gasteiger partial charge in [-0.2, -0.15) is 0 Å². The Labute approximate surface area is 93.8 Å². The lowest BCUT2D eigenvalue weighted by molar-refractivity contribution is -0.142. The maximum Gasteiger partial charge on any atom is 0.308 e. The first-order valence-corrected chi connectivity index (χ1v) is 5.21. The minimum atomic E-state index is -0.807. The highest BCUT2D eigenvalue weighted by Crippen LogP contribution is 2.29. The number of fused-ring (bicyclic) bond motifs is 1. The highest BCUT2D eigenvalue weighted by molar-refractivity contribution is 5.70. The highest BCUT2D eigenvalue weighted by atomic mass is 16.5. The Morgan fingerprint density at radius 3 is 3.19 bits per heavy atom.